The fraction of sp³-hybridized carbons (Fsp3) is 0.462. The molecule has 0 unspecified atom stereocenters. The van der Waals surface area contributed by atoms with Gasteiger partial charge in [0, 0.05) is 32.6 Å². The zero-order chi connectivity index (χ0) is 14.7. The van der Waals surface area contributed by atoms with Crippen LogP contribution in [0.3, 0.4) is 0 Å². The molecule has 21 heavy (non-hydrogen) atoms. The molecule has 0 bridgehead atoms. The van der Waals surface area contributed by atoms with Gasteiger partial charge in [-0.05, 0) is 12.1 Å². The minimum atomic E-state index is 0.210. The molecule has 8 heteroatoms. The van der Waals surface area contributed by atoms with Crippen molar-refractivity contribution in [1.82, 2.24) is 29.9 Å². The number of carbonyl (C=O) groups excluding carboxylic acids is 1. The van der Waals surface area contributed by atoms with Gasteiger partial charge in [0.15, 0.2) is 11.6 Å². The summed E-state index contributed by atoms with van der Waals surface area (Å²) in [6.45, 7) is 4.92. The van der Waals surface area contributed by atoms with Gasteiger partial charge in [-0.1, -0.05) is 6.92 Å². The Morgan fingerprint density at radius 1 is 1.14 bits per heavy atom. The lowest BCUT2D eigenvalue weighted by molar-refractivity contribution is -0.131. The van der Waals surface area contributed by atoms with Crippen molar-refractivity contribution in [2.75, 3.05) is 31.1 Å². The molecule has 2 aromatic heterocycles. The highest BCUT2D eigenvalue weighted by Crippen LogP contribution is 2.14. The summed E-state index contributed by atoms with van der Waals surface area (Å²) in [5.74, 6) is 1.67. The van der Waals surface area contributed by atoms with Gasteiger partial charge in [0.1, 0.15) is 12.7 Å². The van der Waals surface area contributed by atoms with Gasteiger partial charge in [-0.2, -0.15) is 5.10 Å². The Morgan fingerprint density at radius 3 is 2.43 bits per heavy atom. The predicted molar refractivity (Wildman–Crippen MR) is 76.0 cm³/mol. The van der Waals surface area contributed by atoms with Crippen molar-refractivity contribution >= 4 is 11.7 Å². The monoisotopic (exact) mass is 287 g/mol. The molecule has 1 aliphatic heterocycles. The highest BCUT2D eigenvalue weighted by atomic mass is 16.2. The van der Waals surface area contributed by atoms with E-state index in [1.54, 1.807) is 11.0 Å². The number of piperazine rings is 1. The van der Waals surface area contributed by atoms with E-state index in [0.717, 1.165) is 32.0 Å². The van der Waals surface area contributed by atoms with Crippen LogP contribution in [0.25, 0.3) is 5.82 Å². The van der Waals surface area contributed by atoms with Crippen LogP contribution < -0.4 is 4.90 Å². The van der Waals surface area contributed by atoms with Crippen molar-refractivity contribution in [2.24, 2.45) is 0 Å². The van der Waals surface area contributed by atoms with Crippen LogP contribution in [0.2, 0.25) is 0 Å². The molecular weight excluding hydrogens is 270 g/mol. The lowest BCUT2D eigenvalue weighted by atomic mass is 10.3. The number of carbonyl (C=O) groups is 1. The summed E-state index contributed by atoms with van der Waals surface area (Å²) >= 11 is 0. The van der Waals surface area contributed by atoms with E-state index < -0.39 is 0 Å². The third-order valence-electron chi connectivity index (χ3n) is 3.55. The van der Waals surface area contributed by atoms with Crippen molar-refractivity contribution in [3.63, 3.8) is 0 Å². The van der Waals surface area contributed by atoms with E-state index in [4.69, 9.17) is 0 Å². The largest absolute Gasteiger partial charge is 0.352 e. The second-order valence-corrected chi connectivity index (χ2v) is 4.81. The van der Waals surface area contributed by atoms with E-state index in [0.29, 0.717) is 12.2 Å². The molecule has 0 atom stereocenters. The van der Waals surface area contributed by atoms with Gasteiger partial charge in [-0.15, -0.1) is 10.2 Å². The van der Waals surface area contributed by atoms with E-state index in [1.165, 1.54) is 6.33 Å². The Balaban J connectivity index is 1.65. The standard InChI is InChI=1S/C13H17N7O/c1-2-13(21)19-7-5-18(6-8-19)11-3-4-12(17-16-11)20-10-14-9-15-20/h3-4,9-10H,2,5-8H2,1H3. The molecule has 3 rings (SSSR count). The molecule has 0 saturated carbocycles. The highest BCUT2D eigenvalue weighted by Gasteiger charge is 2.20. The second kappa shape index (κ2) is 5.86. The first kappa shape index (κ1) is 13.5. The summed E-state index contributed by atoms with van der Waals surface area (Å²) in [7, 11) is 0. The third kappa shape index (κ3) is 2.83. The van der Waals surface area contributed by atoms with Crippen molar-refractivity contribution < 1.29 is 4.79 Å². The normalized spacial score (nSPS) is 15.3. The number of amides is 1. The SMILES string of the molecule is CCC(=O)N1CCN(c2ccc(-n3cncn3)nn2)CC1. The third-order valence-corrected chi connectivity index (χ3v) is 3.55. The smallest absolute Gasteiger partial charge is 0.222 e. The second-order valence-electron chi connectivity index (χ2n) is 4.81. The summed E-state index contributed by atoms with van der Waals surface area (Å²) in [5.41, 5.74) is 0. The Morgan fingerprint density at radius 2 is 1.86 bits per heavy atom. The van der Waals surface area contributed by atoms with Crippen LogP contribution in [0.4, 0.5) is 5.82 Å². The Kier molecular flexibility index (Phi) is 3.76. The minimum absolute atomic E-state index is 0.210. The molecule has 8 nitrogen and oxygen atoms in total. The molecule has 0 N–H and O–H groups in total. The van der Waals surface area contributed by atoms with Gasteiger partial charge >= 0.3 is 0 Å². The van der Waals surface area contributed by atoms with Crippen molar-refractivity contribution in [2.45, 2.75) is 13.3 Å². The van der Waals surface area contributed by atoms with Crippen LogP contribution in [0.1, 0.15) is 13.3 Å². The van der Waals surface area contributed by atoms with Crippen LogP contribution in [-0.2, 0) is 4.79 Å². The number of rotatable bonds is 3. The quantitative estimate of drug-likeness (QED) is 0.797. The van der Waals surface area contributed by atoms with Gasteiger partial charge in [-0.3, -0.25) is 4.79 Å². The van der Waals surface area contributed by atoms with Gasteiger partial charge < -0.3 is 9.80 Å². The van der Waals surface area contributed by atoms with E-state index in [1.807, 2.05) is 24.0 Å². The molecule has 110 valence electrons. The van der Waals surface area contributed by atoms with E-state index >= 15 is 0 Å². The van der Waals surface area contributed by atoms with Crippen molar-refractivity contribution in [3.8, 4) is 5.82 Å². The molecule has 1 aliphatic rings. The van der Waals surface area contributed by atoms with Gasteiger partial charge in [0.05, 0.1) is 0 Å². The molecule has 1 saturated heterocycles. The maximum Gasteiger partial charge on any atom is 0.222 e. The maximum absolute atomic E-state index is 11.6. The topological polar surface area (TPSA) is 80.0 Å². The first-order valence-corrected chi connectivity index (χ1v) is 6.99. The van der Waals surface area contributed by atoms with Gasteiger partial charge in [-0.25, -0.2) is 9.67 Å². The summed E-state index contributed by atoms with van der Waals surface area (Å²) < 4.78 is 1.56. The molecule has 2 aromatic rings. The fourth-order valence-corrected chi connectivity index (χ4v) is 2.34. The van der Waals surface area contributed by atoms with Crippen molar-refractivity contribution in [3.05, 3.63) is 24.8 Å². The first-order chi connectivity index (χ1) is 10.3. The summed E-state index contributed by atoms with van der Waals surface area (Å²) in [5, 5.41) is 12.4. The lowest BCUT2D eigenvalue weighted by Crippen LogP contribution is -2.48. The van der Waals surface area contributed by atoms with Crippen LogP contribution in [-0.4, -0.2) is 61.9 Å². The molecule has 0 spiro atoms. The van der Waals surface area contributed by atoms with E-state index in [-0.39, 0.29) is 5.91 Å². The summed E-state index contributed by atoms with van der Waals surface area (Å²) in [6.07, 6.45) is 3.60. The summed E-state index contributed by atoms with van der Waals surface area (Å²) in [6, 6.07) is 3.78. The minimum Gasteiger partial charge on any atom is -0.352 e. The molecule has 3 heterocycles. The fourth-order valence-electron chi connectivity index (χ4n) is 2.34. The van der Waals surface area contributed by atoms with Crippen LogP contribution in [0.5, 0.6) is 0 Å². The zero-order valence-electron chi connectivity index (χ0n) is 11.9. The predicted octanol–water partition coefficient (Wildman–Crippen LogP) is 0.116. The Labute approximate surface area is 122 Å². The Bertz CT molecular complexity index is 587. The maximum atomic E-state index is 11.6. The average molecular weight is 287 g/mol. The molecule has 0 aliphatic carbocycles. The molecule has 0 aromatic carbocycles. The lowest BCUT2D eigenvalue weighted by Gasteiger charge is -2.35. The molecular formula is C13H17N7O. The number of hydrogen-bond acceptors (Lipinski definition) is 6. The van der Waals surface area contributed by atoms with Crippen LogP contribution in [0.15, 0.2) is 24.8 Å². The van der Waals surface area contributed by atoms with Crippen molar-refractivity contribution in [1.29, 1.82) is 0 Å². The summed E-state index contributed by atoms with van der Waals surface area (Å²) in [4.78, 5) is 19.6. The number of anilines is 1. The van der Waals surface area contributed by atoms with Gasteiger partial charge in [0.25, 0.3) is 0 Å². The first-order valence-electron chi connectivity index (χ1n) is 6.99. The van der Waals surface area contributed by atoms with E-state index in [9.17, 15) is 4.79 Å². The average Bonchev–Trinajstić information content (AvgIpc) is 3.09. The van der Waals surface area contributed by atoms with Crippen LogP contribution >= 0.6 is 0 Å². The number of aromatic nitrogens is 5. The van der Waals surface area contributed by atoms with Crippen LogP contribution in [0, 0.1) is 0 Å². The highest BCUT2D eigenvalue weighted by molar-refractivity contribution is 5.76. The van der Waals surface area contributed by atoms with E-state index in [2.05, 4.69) is 25.2 Å². The Hall–Kier alpha value is -2.51. The zero-order valence-corrected chi connectivity index (χ0v) is 11.9. The molecule has 1 fully saturated rings. The number of hydrogen-bond donors (Lipinski definition) is 0. The molecule has 1 amide bonds. The molecule has 0 radical (unpaired) electrons. The van der Waals surface area contributed by atoms with Gasteiger partial charge in [0.2, 0.25) is 5.91 Å². The number of nitrogens with zero attached hydrogens (tertiary/aromatic N) is 7.